The average molecular weight is 262 g/mol. The van der Waals surface area contributed by atoms with E-state index in [4.69, 9.17) is 4.74 Å². The van der Waals surface area contributed by atoms with Crippen LogP contribution in [0.3, 0.4) is 0 Å². The van der Waals surface area contributed by atoms with Crippen LogP contribution in [0.25, 0.3) is 0 Å². The molecule has 0 spiro atoms. The fourth-order valence-corrected chi connectivity index (χ4v) is 2.62. The van der Waals surface area contributed by atoms with Gasteiger partial charge in [0.2, 0.25) is 0 Å². The van der Waals surface area contributed by atoms with Crippen LogP contribution in [-0.2, 0) is 11.3 Å². The van der Waals surface area contributed by atoms with Crippen molar-refractivity contribution < 1.29 is 4.74 Å². The first-order valence-electron chi connectivity index (χ1n) is 7.39. The number of ether oxygens (including phenoxy) is 1. The summed E-state index contributed by atoms with van der Waals surface area (Å²) in [6.45, 7) is 10.5. The first-order valence-corrected chi connectivity index (χ1v) is 7.39. The van der Waals surface area contributed by atoms with Crippen LogP contribution in [0.1, 0.15) is 32.8 Å². The van der Waals surface area contributed by atoms with Crippen molar-refractivity contribution in [2.45, 2.75) is 45.9 Å². The SMILES string of the molecule is CCCNCc1ccc(N2CC(C)OC(C)C2)cc1. The van der Waals surface area contributed by atoms with E-state index in [1.807, 2.05) is 0 Å². The third kappa shape index (κ3) is 4.22. The van der Waals surface area contributed by atoms with Crippen LogP contribution in [0.15, 0.2) is 24.3 Å². The number of benzene rings is 1. The summed E-state index contributed by atoms with van der Waals surface area (Å²) >= 11 is 0. The minimum atomic E-state index is 0.314. The van der Waals surface area contributed by atoms with Crippen molar-refractivity contribution >= 4 is 5.69 Å². The molecule has 3 heteroatoms. The number of anilines is 1. The number of morpholine rings is 1. The van der Waals surface area contributed by atoms with E-state index < -0.39 is 0 Å². The Kier molecular flexibility index (Phi) is 5.23. The quantitative estimate of drug-likeness (QED) is 0.826. The molecular weight excluding hydrogens is 236 g/mol. The van der Waals surface area contributed by atoms with Gasteiger partial charge in [-0.2, -0.15) is 0 Å². The van der Waals surface area contributed by atoms with Crippen LogP contribution >= 0.6 is 0 Å². The molecule has 1 aliphatic heterocycles. The van der Waals surface area contributed by atoms with Crippen molar-refractivity contribution in [2.24, 2.45) is 0 Å². The van der Waals surface area contributed by atoms with Crippen LogP contribution in [0, 0.1) is 0 Å². The van der Waals surface area contributed by atoms with Crippen molar-refractivity contribution in [1.82, 2.24) is 5.32 Å². The van der Waals surface area contributed by atoms with Crippen molar-refractivity contribution in [3.8, 4) is 0 Å². The molecule has 106 valence electrons. The second kappa shape index (κ2) is 6.92. The molecule has 0 radical (unpaired) electrons. The van der Waals surface area contributed by atoms with Gasteiger partial charge in [0.1, 0.15) is 0 Å². The molecule has 2 atom stereocenters. The van der Waals surface area contributed by atoms with Crippen LogP contribution in [0.4, 0.5) is 5.69 Å². The van der Waals surface area contributed by atoms with Gasteiger partial charge in [0.05, 0.1) is 12.2 Å². The summed E-state index contributed by atoms with van der Waals surface area (Å²) < 4.78 is 5.78. The Labute approximate surface area is 116 Å². The average Bonchev–Trinajstić information content (AvgIpc) is 2.39. The Morgan fingerprint density at radius 3 is 2.37 bits per heavy atom. The van der Waals surface area contributed by atoms with E-state index in [1.165, 1.54) is 17.7 Å². The summed E-state index contributed by atoms with van der Waals surface area (Å²) in [6.07, 6.45) is 1.81. The van der Waals surface area contributed by atoms with E-state index in [1.54, 1.807) is 0 Å². The second-order valence-electron chi connectivity index (χ2n) is 5.51. The monoisotopic (exact) mass is 262 g/mol. The van der Waals surface area contributed by atoms with E-state index in [-0.39, 0.29) is 0 Å². The summed E-state index contributed by atoms with van der Waals surface area (Å²) in [5.74, 6) is 0. The van der Waals surface area contributed by atoms with Crippen molar-refractivity contribution in [3.05, 3.63) is 29.8 Å². The van der Waals surface area contributed by atoms with Gasteiger partial charge in [0.25, 0.3) is 0 Å². The Hall–Kier alpha value is -1.06. The summed E-state index contributed by atoms with van der Waals surface area (Å²) in [7, 11) is 0. The lowest BCUT2D eigenvalue weighted by Crippen LogP contribution is -2.45. The number of nitrogens with one attached hydrogen (secondary N) is 1. The topological polar surface area (TPSA) is 24.5 Å². The van der Waals surface area contributed by atoms with Crippen LogP contribution in [0.2, 0.25) is 0 Å². The maximum Gasteiger partial charge on any atom is 0.0726 e. The summed E-state index contributed by atoms with van der Waals surface area (Å²) in [5.41, 5.74) is 2.66. The van der Waals surface area contributed by atoms with Gasteiger partial charge in [-0.25, -0.2) is 0 Å². The molecule has 1 fully saturated rings. The zero-order chi connectivity index (χ0) is 13.7. The van der Waals surface area contributed by atoms with Gasteiger partial charge in [-0.05, 0) is 44.5 Å². The lowest BCUT2D eigenvalue weighted by atomic mass is 10.1. The third-order valence-corrected chi connectivity index (χ3v) is 3.48. The van der Waals surface area contributed by atoms with Gasteiger partial charge < -0.3 is 15.0 Å². The summed E-state index contributed by atoms with van der Waals surface area (Å²) in [6, 6.07) is 8.91. The highest BCUT2D eigenvalue weighted by Gasteiger charge is 2.22. The molecule has 0 bridgehead atoms. The highest BCUT2D eigenvalue weighted by Crippen LogP contribution is 2.20. The Balaban J connectivity index is 1.93. The molecule has 3 nitrogen and oxygen atoms in total. The zero-order valence-electron chi connectivity index (χ0n) is 12.4. The predicted octanol–water partition coefficient (Wildman–Crippen LogP) is 2.80. The number of hydrogen-bond donors (Lipinski definition) is 1. The summed E-state index contributed by atoms with van der Waals surface area (Å²) in [5, 5.41) is 3.43. The molecule has 2 unspecified atom stereocenters. The molecule has 1 aromatic rings. The first-order chi connectivity index (χ1) is 9.19. The van der Waals surface area contributed by atoms with Crippen LogP contribution < -0.4 is 10.2 Å². The minimum absolute atomic E-state index is 0.314. The van der Waals surface area contributed by atoms with E-state index in [9.17, 15) is 0 Å². The molecule has 1 saturated heterocycles. The number of hydrogen-bond acceptors (Lipinski definition) is 3. The normalized spacial score (nSPS) is 23.6. The van der Waals surface area contributed by atoms with Gasteiger partial charge in [0.15, 0.2) is 0 Å². The molecule has 2 rings (SSSR count). The van der Waals surface area contributed by atoms with Gasteiger partial charge in [-0.1, -0.05) is 19.1 Å². The van der Waals surface area contributed by atoms with Gasteiger partial charge in [-0.3, -0.25) is 0 Å². The Bertz CT molecular complexity index is 367. The molecule has 1 aromatic carbocycles. The maximum atomic E-state index is 5.78. The molecule has 0 saturated carbocycles. The van der Waals surface area contributed by atoms with E-state index in [0.717, 1.165) is 26.2 Å². The minimum Gasteiger partial charge on any atom is -0.372 e. The van der Waals surface area contributed by atoms with Crippen molar-refractivity contribution in [2.75, 3.05) is 24.5 Å². The van der Waals surface area contributed by atoms with Crippen molar-refractivity contribution in [3.63, 3.8) is 0 Å². The smallest absolute Gasteiger partial charge is 0.0726 e. The fraction of sp³-hybridized carbons (Fsp3) is 0.625. The predicted molar refractivity (Wildman–Crippen MR) is 80.7 cm³/mol. The summed E-state index contributed by atoms with van der Waals surface area (Å²) in [4.78, 5) is 2.42. The van der Waals surface area contributed by atoms with E-state index >= 15 is 0 Å². The van der Waals surface area contributed by atoms with Gasteiger partial charge in [0, 0.05) is 25.3 Å². The molecule has 0 amide bonds. The highest BCUT2D eigenvalue weighted by molar-refractivity contribution is 5.48. The first kappa shape index (κ1) is 14.4. The number of nitrogens with zero attached hydrogens (tertiary/aromatic N) is 1. The standard InChI is InChI=1S/C16H26N2O/c1-4-9-17-10-15-5-7-16(8-6-15)18-11-13(2)19-14(3)12-18/h5-8,13-14,17H,4,9-12H2,1-3H3. The Morgan fingerprint density at radius 1 is 1.16 bits per heavy atom. The lowest BCUT2D eigenvalue weighted by Gasteiger charge is -2.36. The van der Waals surface area contributed by atoms with Crippen LogP contribution in [0.5, 0.6) is 0 Å². The molecule has 1 N–H and O–H groups in total. The molecule has 1 aliphatic rings. The zero-order valence-corrected chi connectivity index (χ0v) is 12.4. The van der Waals surface area contributed by atoms with E-state index in [2.05, 4.69) is 55.3 Å². The molecular formula is C16H26N2O. The molecule has 0 aliphatic carbocycles. The lowest BCUT2D eigenvalue weighted by molar-refractivity contribution is -0.00521. The van der Waals surface area contributed by atoms with Crippen LogP contribution in [-0.4, -0.2) is 31.8 Å². The fourth-order valence-electron chi connectivity index (χ4n) is 2.62. The van der Waals surface area contributed by atoms with Crippen molar-refractivity contribution in [1.29, 1.82) is 0 Å². The largest absolute Gasteiger partial charge is 0.372 e. The van der Waals surface area contributed by atoms with Gasteiger partial charge in [-0.15, -0.1) is 0 Å². The number of rotatable bonds is 5. The maximum absolute atomic E-state index is 5.78. The molecule has 0 aromatic heterocycles. The van der Waals surface area contributed by atoms with E-state index in [0.29, 0.717) is 12.2 Å². The Morgan fingerprint density at radius 2 is 1.79 bits per heavy atom. The second-order valence-corrected chi connectivity index (χ2v) is 5.51. The molecule has 19 heavy (non-hydrogen) atoms. The highest BCUT2D eigenvalue weighted by atomic mass is 16.5. The molecule has 1 heterocycles. The van der Waals surface area contributed by atoms with Gasteiger partial charge >= 0.3 is 0 Å². The third-order valence-electron chi connectivity index (χ3n) is 3.48.